The minimum Gasteiger partial charge on any atom is -0.497 e. The highest BCUT2D eigenvalue weighted by Gasteiger charge is 2.25. The van der Waals surface area contributed by atoms with Gasteiger partial charge in [-0.3, -0.25) is 4.79 Å². The monoisotopic (exact) mass is 315 g/mol. The van der Waals surface area contributed by atoms with Crippen LogP contribution < -0.4 is 9.46 Å². The lowest BCUT2D eigenvalue weighted by molar-refractivity contribution is -0.139. The summed E-state index contributed by atoms with van der Waals surface area (Å²) in [6, 6.07) is 5.55. The average molecular weight is 315 g/mol. The Hall–Kier alpha value is -1.60. The lowest BCUT2D eigenvalue weighted by atomic mass is 10.1. The minimum atomic E-state index is -3.74. The van der Waals surface area contributed by atoms with Crippen LogP contribution in [-0.2, 0) is 20.6 Å². The zero-order chi connectivity index (χ0) is 16.0. The molecule has 0 unspecified atom stereocenters. The summed E-state index contributed by atoms with van der Waals surface area (Å²) in [5.74, 6) is -0.824. The molecule has 0 saturated heterocycles. The Morgan fingerprint density at radius 3 is 2.57 bits per heavy atom. The third-order valence-electron chi connectivity index (χ3n) is 2.82. The highest BCUT2D eigenvalue weighted by atomic mass is 32.2. The number of hydrogen-bond acceptors (Lipinski definition) is 4. The number of benzene rings is 1. The molecular formula is C14H21NO5S. The lowest BCUT2D eigenvalue weighted by Crippen LogP contribution is -2.42. The van der Waals surface area contributed by atoms with E-state index in [0.29, 0.717) is 11.3 Å². The Bertz CT molecular complexity index is 583. The number of carboxylic acids is 1. The van der Waals surface area contributed by atoms with Crippen LogP contribution in [0.15, 0.2) is 24.3 Å². The molecule has 0 saturated carbocycles. The first-order valence-corrected chi connectivity index (χ1v) is 8.24. The molecule has 1 aromatic carbocycles. The summed E-state index contributed by atoms with van der Waals surface area (Å²) in [6.07, 6.45) is 0.243. The van der Waals surface area contributed by atoms with Gasteiger partial charge in [-0.05, 0) is 30.0 Å². The van der Waals surface area contributed by atoms with Crippen LogP contribution in [0.2, 0.25) is 0 Å². The van der Waals surface area contributed by atoms with E-state index in [2.05, 4.69) is 4.72 Å². The van der Waals surface area contributed by atoms with Crippen molar-refractivity contribution >= 4 is 16.0 Å². The van der Waals surface area contributed by atoms with Crippen LogP contribution in [0.4, 0.5) is 0 Å². The molecule has 0 aliphatic rings. The highest BCUT2D eigenvalue weighted by molar-refractivity contribution is 7.88. The van der Waals surface area contributed by atoms with Gasteiger partial charge in [0.25, 0.3) is 0 Å². The van der Waals surface area contributed by atoms with Crippen molar-refractivity contribution in [2.45, 2.75) is 32.1 Å². The standard InChI is InChI=1S/C14H21NO5S/c1-10(2)7-13(14(16)17)15-21(18,19)9-11-5-4-6-12(8-11)20-3/h4-6,8,10,13,15H,7,9H2,1-3H3,(H,16,17)/t13-/m0/s1. The van der Waals surface area contributed by atoms with Gasteiger partial charge in [0.15, 0.2) is 0 Å². The molecule has 1 aromatic rings. The fraction of sp³-hybridized carbons (Fsp3) is 0.500. The molecule has 0 radical (unpaired) electrons. The highest BCUT2D eigenvalue weighted by Crippen LogP contribution is 2.15. The van der Waals surface area contributed by atoms with E-state index in [9.17, 15) is 13.2 Å². The van der Waals surface area contributed by atoms with Gasteiger partial charge in [-0.25, -0.2) is 13.1 Å². The van der Waals surface area contributed by atoms with E-state index in [1.165, 1.54) is 7.11 Å². The number of carboxylic acid groups (broad SMARTS) is 1. The first kappa shape index (κ1) is 17.5. The molecular weight excluding hydrogens is 294 g/mol. The summed E-state index contributed by atoms with van der Waals surface area (Å²) in [5.41, 5.74) is 0.538. The number of rotatable bonds is 8. The van der Waals surface area contributed by atoms with Crippen molar-refractivity contribution in [2.24, 2.45) is 5.92 Å². The van der Waals surface area contributed by atoms with E-state index >= 15 is 0 Å². The maximum Gasteiger partial charge on any atom is 0.321 e. The normalized spacial score (nSPS) is 13.1. The molecule has 0 spiro atoms. The molecule has 0 aliphatic carbocycles. The number of ether oxygens (including phenoxy) is 1. The van der Waals surface area contributed by atoms with Gasteiger partial charge in [0.2, 0.25) is 10.0 Å². The smallest absolute Gasteiger partial charge is 0.321 e. The molecule has 7 heteroatoms. The quantitative estimate of drug-likeness (QED) is 0.760. The molecule has 0 fully saturated rings. The first-order chi connectivity index (χ1) is 9.73. The topological polar surface area (TPSA) is 92.7 Å². The second kappa shape index (κ2) is 7.42. The zero-order valence-electron chi connectivity index (χ0n) is 12.4. The van der Waals surface area contributed by atoms with Crippen LogP contribution >= 0.6 is 0 Å². The SMILES string of the molecule is COc1cccc(CS(=O)(=O)N[C@@H](CC(C)C)C(=O)O)c1. The number of aliphatic carboxylic acids is 1. The number of carbonyl (C=O) groups is 1. The van der Waals surface area contributed by atoms with Gasteiger partial charge in [0.05, 0.1) is 12.9 Å². The molecule has 118 valence electrons. The first-order valence-electron chi connectivity index (χ1n) is 6.59. The van der Waals surface area contributed by atoms with Gasteiger partial charge in [-0.2, -0.15) is 0 Å². The fourth-order valence-corrected chi connectivity index (χ4v) is 3.24. The molecule has 0 heterocycles. The van der Waals surface area contributed by atoms with Crippen molar-refractivity contribution in [1.82, 2.24) is 4.72 Å². The zero-order valence-corrected chi connectivity index (χ0v) is 13.2. The molecule has 0 aromatic heterocycles. The van der Waals surface area contributed by atoms with E-state index < -0.39 is 22.0 Å². The molecule has 2 N–H and O–H groups in total. The minimum absolute atomic E-state index is 0.0746. The Morgan fingerprint density at radius 1 is 1.38 bits per heavy atom. The maximum atomic E-state index is 12.1. The second-order valence-electron chi connectivity index (χ2n) is 5.25. The van der Waals surface area contributed by atoms with Crippen molar-refractivity contribution in [3.63, 3.8) is 0 Å². The van der Waals surface area contributed by atoms with Crippen molar-refractivity contribution in [3.05, 3.63) is 29.8 Å². The van der Waals surface area contributed by atoms with E-state index in [1.54, 1.807) is 24.3 Å². The van der Waals surface area contributed by atoms with E-state index in [1.807, 2.05) is 13.8 Å². The lowest BCUT2D eigenvalue weighted by Gasteiger charge is -2.16. The fourth-order valence-electron chi connectivity index (χ4n) is 1.91. The third kappa shape index (κ3) is 6.14. The summed E-state index contributed by atoms with van der Waals surface area (Å²) >= 11 is 0. The summed E-state index contributed by atoms with van der Waals surface area (Å²) in [7, 11) is -2.24. The molecule has 21 heavy (non-hydrogen) atoms. The van der Waals surface area contributed by atoms with Crippen molar-refractivity contribution in [2.75, 3.05) is 7.11 Å². The van der Waals surface area contributed by atoms with E-state index in [4.69, 9.17) is 9.84 Å². The van der Waals surface area contributed by atoms with Crippen LogP contribution in [0, 0.1) is 5.92 Å². The summed E-state index contributed by atoms with van der Waals surface area (Å²) in [5, 5.41) is 9.09. The molecule has 1 atom stereocenters. The Morgan fingerprint density at radius 2 is 2.05 bits per heavy atom. The third-order valence-corrected chi connectivity index (χ3v) is 4.17. The van der Waals surface area contributed by atoms with Gasteiger partial charge < -0.3 is 9.84 Å². The number of methoxy groups -OCH3 is 1. The summed E-state index contributed by atoms with van der Waals surface area (Å²) in [4.78, 5) is 11.1. The van der Waals surface area contributed by atoms with Gasteiger partial charge in [-0.15, -0.1) is 0 Å². The van der Waals surface area contributed by atoms with Crippen LogP contribution in [0.3, 0.4) is 0 Å². The maximum absolute atomic E-state index is 12.1. The molecule has 1 rings (SSSR count). The molecule has 0 aliphatic heterocycles. The largest absolute Gasteiger partial charge is 0.497 e. The predicted molar refractivity (Wildman–Crippen MR) is 79.6 cm³/mol. The number of nitrogens with one attached hydrogen (secondary N) is 1. The Balaban J connectivity index is 2.82. The van der Waals surface area contributed by atoms with Gasteiger partial charge >= 0.3 is 5.97 Å². The average Bonchev–Trinajstić information content (AvgIpc) is 2.36. The summed E-state index contributed by atoms with van der Waals surface area (Å²) < 4.78 is 31.4. The van der Waals surface area contributed by atoms with Crippen molar-refractivity contribution < 1.29 is 23.1 Å². The van der Waals surface area contributed by atoms with Crippen LogP contribution in [0.1, 0.15) is 25.8 Å². The van der Waals surface area contributed by atoms with E-state index in [0.717, 1.165) is 0 Å². The molecule has 6 nitrogen and oxygen atoms in total. The van der Waals surface area contributed by atoms with Crippen LogP contribution in [0.25, 0.3) is 0 Å². The molecule has 0 bridgehead atoms. The van der Waals surface area contributed by atoms with Crippen molar-refractivity contribution in [3.8, 4) is 5.75 Å². The predicted octanol–water partition coefficient (Wildman–Crippen LogP) is 1.61. The van der Waals surface area contributed by atoms with Crippen molar-refractivity contribution in [1.29, 1.82) is 0 Å². The van der Waals surface area contributed by atoms with Crippen LogP contribution in [0.5, 0.6) is 5.75 Å². The molecule has 0 amide bonds. The second-order valence-corrected chi connectivity index (χ2v) is 7.00. The number of sulfonamides is 1. The van der Waals surface area contributed by atoms with Crippen LogP contribution in [-0.4, -0.2) is 32.6 Å². The van der Waals surface area contributed by atoms with E-state index in [-0.39, 0.29) is 18.1 Å². The van der Waals surface area contributed by atoms with Gasteiger partial charge in [-0.1, -0.05) is 26.0 Å². The summed E-state index contributed by atoms with van der Waals surface area (Å²) in [6.45, 7) is 3.68. The Kier molecular flexibility index (Phi) is 6.17. The van der Waals surface area contributed by atoms with Gasteiger partial charge in [0, 0.05) is 0 Å². The number of hydrogen-bond donors (Lipinski definition) is 2. The van der Waals surface area contributed by atoms with Gasteiger partial charge in [0.1, 0.15) is 11.8 Å². The Labute approximate surface area is 125 Å².